The van der Waals surface area contributed by atoms with Crippen LogP contribution in [0.3, 0.4) is 0 Å². The van der Waals surface area contributed by atoms with Gasteiger partial charge in [0, 0.05) is 22.9 Å². The third kappa shape index (κ3) is 2.32. The summed E-state index contributed by atoms with van der Waals surface area (Å²) in [5.41, 5.74) is 9.42. The Hall–Kier alpha value is -2.59. The topological polar surface area (TPSA) is 67.2 Å². The van der Waals surface area contributed by atoms with E-state index in [4.69, 9.17) is 5.73 Å². The van der Waals surface area contributed by atoms with Gasteiger partial charge in [-0.05, 0) is 29.8 Å². The van der Waals surface area contributed by atoms with Gasteiger partial charge >= 0.3 is 0 Å². The van der Waals surface area contributed by atoms with E-state index in [1.54, 1.807) is 6.07 Å². The molecule has 4 heteroatoms. The molecule has 4 rings (SSSR count). The Kier molecular flexibility index (Phi) is 3.39. The number of nitrogens with two attached hydrogens (primary N) is 1. The van der Waals surface area contributed by atoms with Crippen molar-refractivity contribution in [1.29, 1.82) is 0 Å². The molecule has 1 fully saturated rings. The maximum absolute atomic E-state index is 11.8. The summed E-state index contributed by atoms with van der Waals surface area (Å²) in [5, 5.41) is 9.50. The fourth-order valence-corrected chi connectivity index (χ4v) is 3.58. The quantitative estimate of drug-likeness (QED) is 0.735. The first-order chi connectivity index (χ1) is 11.3. The molecule has 0 spiro atoms. The molecule has 116 valence electrons. The summed E-state index contributed by atoms with van der Waals surface area (Å²) < 4.78 is 0. The third-order valence-corrected chi connectivity index (χ3v) is 4.67. The van der Waals surface area contributed by atoms with Crippen molar-refractivity contribution in [2.45, 2.75) is 12.5 Å². The first-order valence-corrected chi connectivity index (χ1v) is 7.94. The molecule has 0 aromatic heterocycles. The molecule has 1 amide bonds. The molecule has 2 aliphatic heterocycles. The van der Waals surface area contributed by atoms with Gasteiger partial charge in [0.15, 0.2) is 0 Å². The highest BCUT2D eigenvalue weighted by Gasteiger charge is 2.25. The van der Waals surface area contributed by atoms with Crippen LogP contribution < -0.4 is 26.8 Å². The van der Waals surface area contributed by atoms with Gasteiger partial charge in [-0.2, -0.15) is 0 Å². The van der Waals surface area contributed by atoms with E-state index in [9.17, 15) is 4.79 Å². The van der Waals surface area contributed by atoms with Crippen LogP contribution in [0.2, 0.25) is 0 Å². The van der Waals surface area contributed by atoms with Crippen LogP contribution in [0.15, 0.2) is 48.5 Å². The molecule has 1 saturated heterocycles. The predicted octanol–water partition coefficient (Wildman–Crippen LogP) is 0.0578. The molecule has 4 N–H and O–H groups in total. The summed E-state index contributed by atoms with van der Waals surface area (Å²) >= 11 is 0. The number of hydrogen-bond acceptors (Lipinski definition) is 3. The second-order valence-electron chi connectivity index (χ2n) is 6.02. The van der Waals surface area contributed by atoms with E-state index in [2.05, 4.69) is 28.8 Å². The van der Waals surface area contributed by atoms with Crippen molar-refractivity contribution in [2.24, 2.45) is 5.73 Å². The van der Waals surface area contributed by atoms with Crippen molar-refractivity contribution in [2.75, 3.05) is 13.1 Å². The molecule has 2 aromatic rings. The van der Waals surface area contributed by atoms with Crippen LogP contribution in [-0.2, 0) is 0 Å². The average molecular weight is 305 g/mol. The molecule has 4 nitrogen and oxygen atoms in total. The molecular formula is C19H19N3O. The van der Waals surface area contributed by atoms with Gasteiger partial charge in [-0.1, -0.05) is 42.5 Å². The SMILES string of the molecule is NC(=O)c1ccccc1C1=c2ccccc2=C2CNCCC2N1. The summed E-state index contributed by atoms with van der Waals surface area (Å²) in [5.74, 6) is -0.396. The van der Waals surface area contributed by atoms with Crippen LogP contribution in [0.5, 0.6) is 0 Å². The standard InChI is InChI=1S/C19H19N3O/c20-19(23)15-8-4-3-7-14(15)18-13-6-2-1-5-12(13)16-11-21-10-9-17(16)22-18/h1-8,17,21-22H,9-11H2,(H2,20,23). The van der Waals surface area contributed by atoms with Crippen molar-refractivity contribution in [3.8, 4) is 0 Å². The van der Waals surface area contributed by atoms with E-state index in [1.165, 1.54) is 10.8 Å². The van der Waals surface area contributed by atoms with Crippen molar-refractivity contribution < 1.29 is 4.79 Å². The van der Waals surface area contributed by atoms with Crippen molar-refractivity contribution >= 4 is 17.2 Å². The molecule has 1 unspecified atom stereocenters. The van der Waals surface area contributed by atoms with Gasteiger partial charge in [-0.15, -0.1) is 0 Å². The smallest absolute Gasteiger partial charge is 0.249 e. The molecule has 0 aliphatic carbocycles. The number of piperidine rings is 1. The Bertz CT molecular complexity index is 901. The first-order valence-electron chi connectivity index (χ1n) is 7.94. The van der Waals surface area contributed by atoms with Gasteiger partial charge in [-0.3, -0.25) is 4.79 Å². The van der Waals surface area contributed by atoms with Gasteiger partial charge in [-0.25, -0.2) is 0 Å². The average Bonchev–Trinajstić information content (AvgIpc) is 2.61. The molecule has 0 radical (unpaired) electrons. The summed E-state index contributed by atoms with van der Waals surface area (Å²) in [6.07, 6.45) is 1.03. The molecule has 1 atom stereocenters. The van der Waals surface area contributed by atoms with E-state index >= 15 is 0 Å². The van der Waals surface area contributed by atoms with E-state index in [1.807, 2.05) is 24.3 Å². The Morgan fingerprint density at radius 3 is 2.61 bits per heavy atom. The Morgan fingerprint density at radius 2 is 1.78 bits per heavy atom. The summed E-state index contributed by atoms with van der Waals surface area (Å²) in [6.45, 7) is 1.90. The van der Waals surface area contributed by atoms with Crippen LogP contribution in [0, 0.1) is 0 Å². The third-order valence-electron chi connectivity index (χ3n) is 4.67. The number of carbonyl (C=O) groups excluding carboxylic acids is 1. The lowest BCUT2D eigenvalue weighted by atomic mass is 9.90. The minimum atomic E-state index is -0.396. The number of carbonyl (C=O) groups is 1. The minimum Gasteiger partial charge on any atom is -0.377 e. The normalized spacial score (nSPS) is 19.6. The van der Waals surface area contributed by atoms with Crippen LogP contribution in [0.1, 0.15) is 22.3 Å². The summed E-state index contributed by atoms with van der Waals surface area (Å²) in [4.78, 5) is 11.8. The van der Waals surface area contributed by atoms with Gasteiger partial charge in [0.25, 0.3) is 0 Å². The van der Waals surface area contributed by atoms with Crippen LogP contribution in [0.4, 0.5) is 0 Å². The number of rotatable bonds is 2. The lowest BCUT2D eigenvalue weighted by Crippen LogP contribution is -2.52. The van der Waals surface area contributed by atoms with Crippen LogP contribution in [-0.4, -0.2) is 25.0 Å². The van der Waals surface area contributed by atoms with E-state index in [0.29, 0.717) is 11.6 Å². The second-order valence-corrected chi connectivity index (χ2v) is 6.02. The van der Waals surface area contributed by atoms with Gasteiger partial charge in [0.1, 0.15) is 0 Å². The Labute approximate surface area is 134 Å². The minimum absolute atomic E-state index is 0.307. The zero-order chi connectivity index (χ0) is 15.8. The molecule has 2 aromatic carbocycles. The highest BCUT2D eigenvalue weighted by molar-refractivity contribution is 5.98. The number of primary amides is 1. The second kappa shape index (κ2) is 5.56. The number of benzene rings is 2. The predicted molar refractivity (Wildman–Crippen MR) is 91.0 cm³/mol. The number of nitrogens with one attached hydrogen (secondary N) is 2. The van der Waals surface area contributed by atoms with Crippen LogP contribution in [0.25, 0.3) is 11.3 Å². The lowest BCUT2D eigenvalue weighted by molar-refractivity contribution is 0.1000. The number of hydrogen-bond donors (Lipinski definition) is 3. The molecule has 2 heterocycles. The summed E-state index contributed by atoms with van der Waals surface area (Å²) in [7, 11) is 0. The highest BCUT2D eigenvalue weighted by Crippen LogP contribution is 2.20. The fraction of sp³-hybridized carbons (Fsp3) is 0.211. The highest BCUT2D eigenvalue weighted by atomic mass is 16.1. The Morgan fingerprint density at radius 1 is 1.04 bits per heavy atom. The first kappa shape index (κ1) is 14.0. The summed E-state index contributed by atoms with van der Waals surface area (Å²) in [6, 6.07) is 16.2. The molecular weight excluding hydrogens is 286 g/mol. The van der Waals surface area contributed by atoms with E-state index in [0.717, 1.165) is 36.0 Å². The van der Waals surface area contributed by atoms with Gasteiger partial charge < -0.3 is 16.4 Å². The molecule has 0 saturated carbocycles. The number of fused-ring (bicyclic) bond motifs is 2. The van der Waals surface area contributed by atoms with E-state index < -0.39 is 5.91 Å². The maximum Gasteiger partial charge on any atom is 0.249 e. The van der Waals surface area contributed by atoms with E-state index in [-0.39, 0.29) is 0 Å². The van der Waals surface area contributed by atoms with Gasteiger partial charge in [0.2, 0.25) is 5.91 Å². The fourth-order valence-electron chi connectivity index (χ4n) is 3.58. The molecule has 0 bridgehead atoms. The number of amides is 1. The van der Waals surface area contributed by atoms with Crippen LogP contribution >= 0.6 is 0 Å². The van der Waals surface area contributed by atoms with Crippen molar-refractivity contribution in [1.82, 2.24) is 10.6 Å². The molecule has 23 heavy (non-hydrogen) atoms. The van der Waals surface area contributed by atoms with Gasteiger partial charge in [0.05, 0.1) is 11.7 Å². The van der Waals surface area contributed by atoms with Crippen molar-refractivity contribution in [3.63, 3.8) is 0 Å². The maximum atomic E-state index is 11.8. The zero-order valence-electron chi connectivity index (χ0n) is 12.8. The lowest BCUT2D eigenvalue weighted by Gasteiger charge is -2.33. The zero-order valence-corrected chi connectivity index (χ0v) is 12.8. The monoisotopic (exact) mass is 305 g/mol. The Balaban J connectivity index is 2.05. The largest absolute Gasteiger partial charge is 0.377 e. The van der Waals surface area contributed by atoms with Crippen molar-refractivity contribution in [3.05, 3.63) is 70.1 Å². The molecule has 2 aliphatic rings.